The molecule has 0 unspecified atom stereocenters. The number of aliphatic carboxylic acids is 1. The van der Waals surface area contributed by atoms with Gasteiger partial charge >= 0.3 is 5.97 Å². The van der Waals surface area contributed by atoms with Crippen molar-refractivity contribution in [2.75, 3.05) is 12.0 Å². The van der Waals surface area contributed by atoms with Gasteiger partial charge in [-0.1, -0.05) is 12.1 Å². The molecule has 0 heterocycles. The van der Waals surface area contributed by atoms with E-state index in [1.54, 1.807) is 0 Å². The number of hydrogen-bond donors (Lipinski definition) is 4. The highest BCUT2D eigenvalue weighted by atomic mass is 16.4. The van der Waals surface area contributed by atoms with E-state index in [4.69, 9.17) is 10.8 Å². The average molecular weight is 195 g/mol. The Balaban J connectivity index is 2.40. The quantitative estimate of drug-likeness (QED) is 0.502. The van der Waals surface area contributed by atoms with Crippen LogP contribution in [0.1, 0.15) is 5.56 Å². The predicted molar refractivity (Wildman–Crippen MR) is 53.6 cm³/mol. The maximum absolute atomic E-state index is 10.2. The number of anilines is 1. The Labute approximate surface area is 81.9 Å². The van der Waals surface area contributed by atoms with Gasteiger partial charge in [-0.15, -0.1) is 0 Å². The molecule has 1 aromatic rings. The highest BCUT2D eigenvalue weighted by Crippen LogP contribution is 2.07. The Bertz CT molecular complexity index is 297. The van der Waals surface area contributed by atoms with Crippen LogP contribution in [0.25, 0.3) is 0 Å². The number of benzene rings is 1. The highest BCUT2D eigenvalue weighted by Gasteiger charge is 1.95. The number of hydrazine groups is 1. The average Bonchev–Trinajstić information content (AvgIpc) is 2.18. The van der Waals surface area contributed by atoms with Crippen LogP contribution in [0.2, 0.25) is 0 Å². The smallest absolute Gasteiger partial charge is 0.319 e. The lowest BCUT2D eigenvalue weighted by molar-refractivity contribution is -0.135. The van der Waals surface area contributed by atoms with Crippen molar-refractivity contribution in [3.8, 4) is 0 Å². The van der Waals surface area contributed by atoms with Gasteiger partial charge in [-0.3, -0.25) is 4.79 Å². The first-order valence-corrected chi connectivity index (χ1v) is 4.22. The van der Waals surface area contributed by atoms with Crippen LogP contribution in [-0.2, 0) is 11.3 Å². The van der Waals surface area contributed by atoms with E-state index in [1.807, 2.05) is 24.3 Å². The lowest BCUT2D eigenvalue weighted by atomic mass is 10.2. The second-order valence-corrected chi connectivity index (χ2v) is 2.77. The van der Waals surface area contributed by atoms with Crippen LogP contribution in [-0.4, -0.2) is 17.6 Å². The van der Waals surface area contributed by atoms with Gasteiger partial charge in [-0.25, -0.2) is 5.43 Å². The Kier molecular flexibility index (Phi) is 3.90. The standard InChI is InChI=1S/C9H13N3O2/c10-5-7-1-3-8(4-2-7)12-11-6-9(13)14/h1-4,11-12H,5-6,10H2,(H,13,14). The molecule has 14 heavy (non-hydrogen) atoms. The van der Waals surface area contributed by atoms with E-state index in [0.717, 1.165) is 11.3 Å². The fraction of sp³-hybridized carbons (Fsp3) is 0.222. The third kappa shape index (κ3) is 3.42. The zero-order chi connectivity index (χ0) is 10.4. The van der Waals surface area contributed by atoms with Crippen LogP contribution in [0.15, 0.2) is 24.3 Å². The molecular formula is C9H13N3O2. The highest BCUT2D eigenvalue weighted by molar-refractivity contribution is 5.69. The molecule has 0 amide bonds. The van der Waals surface area contributed by atoms with Gasteiger partial charge in [-0.05, 0) is 17.7 Å². The summed E-state index contributed by atoms with van der Waals surface area (Å²) >= 11 is 0. The third-order valence-electron chi connectivity index (χ3n) is 1.66. The maximum atomic E-state index is 10.2. The van der Waals surface area contributed by atoms with Crippen LogP contribution in [0, 0.1) is 0 Å². The van der Waals surface area contributed by atoms with Crippen LogP contribution in [0.5, 0.6) is 0 Å². The Morgan fingerprint density at radius 1 is 1.36 bits per heavy atom. The first-order valence-electron chi connectivity index (χ1n) is 4.22. The number of carboxylic acids is 1. The molecule has 0 atom stereocenters. The minimum Gasteiger partial charge on any atom is -0.480 e. The van der Waals surface area contributed by atoms with E-state index in [2.05, 4.69) is 10.9 Å². The summed E-state index contributed by atoms with van der Waals surface area (Å²) in [4.78, 5) is 10.2. The zero-order valence-electron chi connectivity index (χ0n) is 7.66. The zero-order valence-corrected chi connectivity index (χ0v) is 7.66. The van der Waals surface area contributed by atoms with E-state index < -0.39 is 5.97 Å². The van der Waals surface area contributed by atoms with Crippen molar-refractivity contribution in [2.45, 2.75) is 6.54 Å². The summed E-state index contributed by atoms with van der Waals surface area (Å²) < 4.78 is 0. The summed E-state index contributed by atoms with van der Waals surface area (Å²) in [5, 5.41) is 8.35. The molecule has 5 nitrogen and oxygen atoms in total. The van der Waals surface area contributed by atoms with E-state index in [9.17, 15) is 4.79 Å². The predicted octanol–water partition coefficient (Wildman–Crippen LogP) is 0.146. The topological polar surface area (TPSA) is 87.4 Å². The van der Waals surface area contributed by atoms with Gasteiger partial charge in [0.2, 0.25) is 0 Å². The van der Waals surface area contributed by atoms with E-state index in [0.29, 0.717) is 6.54 Å². The monoisotopic (exact) mass is 195 g/mol. The second-order valence-electron chi connectivity index (χ2n) is 2.77. The molecule has 0 saturated carbocycles. The molecule has 0 aliphatic heterocycles. The first kappa shape index (κ1) is 10.5. The molecule has 5 heteroatoms. The fourth-order valence-electron chi connectivity index (χ4n) is 0.946. The van der Waals surface area contributed by atoms with Gasteiger partial charge in [0.25, 0.3) is 0 Å². The van der Waals surface area contributed by atoms with E-state index in [1.165, 1.54) is 0 Å². The SMILES string of the molecule is NCc1ccc(NNCC(=O)O)cc1. The summed E-state index contributed by atoms with van der Waals surface area (Å²) in [7, 11) is 0. The van der Waals surface area contributed by atoms with Gasteiger partial charge in [0.1, 0.15) is 6.54 Å². The Hall–Kier alpha value is -1.59. The lowest BCUT2D eigenvalue weighted by Crippen LogP contribution is -2.27. The summed E-state index contributed by atoms with van der Waals surface area (Å²) in [6.45, 7) is 0.376. The molecular weight excluding hydrogens is 182 g/mol. The van der Waals surface area contributed by atoms with Crippen LogP contribution < -0.4 is 16.6 Å². The number of rotatable bonds is 5. The van der Waals surface area contributed by atoms with Gasteiger partial charge in [0.15, 0.2) is 0 Å². The molecule has 0 bridgehead atoms. The van der Waals surface area contributed by atoms with Crippen LogP contribution in [0.3, 0.4) is 0 Å². The van der Waals surface area contributed by atoms with Gasteiger partial charge in [0.05, 0.1) is 0 Å². The molecule has 0 spiro atoms. The molecule has 0 saturated heterocycles. The minimum absolute atomic E-state index is 0.126. The number of nitrogens with one attached hydrogen (secondary N) is 2. The van der Waals surface area contributed by atoms with Crippen molar-refractivity contribution in [1.82, 2.24) is 5.43 Å². The van der Waals surface area contributed by atoms with Gasteiger partial charge in [-0.2, -0.15) is 0 Å². The van der Waals surface area contributed by atoms with Crippen molar-refractivity contribution in [2.24, 2.45) is 5.73 Å². The molecule has 76 valence electrons. The number of carbonyl (C=O) groups is 1. The van der Waals surface area contributed by atoms with Crippen LogP contribution >= 0.6 is 0 Å². The van der Waals surface area contributed by atoms with E-state index >= 15 is 0 Å². The summed E-state index contributed by atoms with van der Waals surface area (Å²) in [5.74, 6) is -0.906. The Morgan fingerprint density at radius 2 is 2.00 bits per heavy atom. The van der Waals surface area contributed by atoms with E-state index in [-0.39, 0.29) is 6.54 Å². The number of nitrogens with two attached hydrogens (primary N) is 1. The van der Waals surface area contributed by atoms with Crippen molar-refractivity contribution in [1.29, 1.82) is 0 Å². The molecule has 0 aliphatic carbocycles. The van der Waals surface area contributed by atoms with Crippen molar-refractivity contribution in [3.05, 3.63) is 29.8 Å². The number of carboxylic acid groups (broad SMARTS) is 1. The molecule has 0 radical (unpaired) electrons. The second kappa shape index (κ2) is 5.21. The van der Waals surface area contributed by atoms with Gasteiger partial charge < -0.3 is 16.3 Å². The van der Waals surface area contributed by atoms with Crippen LogP contribution in [0.4, 0.5) is 5.69 Å². The molecule has 1 rings (SSSR count). The molecule has 0 fully saturated rings. The molecule has 0 aromatic heterocycles. The summed E-state index contributed by atoms with van der Waals surface area (Å²) in [5.41, 5.74) is 12.6. The Morgan fingerprint density at radius 3 is 2.50 bits per heavy atom. The normalized spacial score (nSPS) is 9.79. The largest absolute Gasteiger partial charge is 0.480 e. The van der Waals surface area contributed by atoms with Crippen molar-refractivity contribution < 1.29 is 9.90 Å². The van der Waals surface area contributed by atoms with Crippen molar-refractivity contribution >= 4 is 11.7 Å². The summed E-state index contributed by atoms with van der Waals surface area (Å²) in [6.07, 6.45) is 0. The molecule has 1 aromatic carbocycles. The molecule has 5 N–H and O–H groups in total. The summed E-state index contributed by atoms with van der Waals surface area (Å²) in [6, 6.07) is 7.42. The molecule has 0 aliphatic rings. The fourth-order valence-corrected chi connectivity index (χ4v) is 0.946. The first-order chi connectivity index (χ1) is 6.72. The minimum atomic E-state index is -0.906. The maximum Gasteiger partial charge on any atom is 0.319 e. The van der Waals surface area contributed by atoms with Crippen molar-refractivity contribution in [3.63, 3.8) is 0 Å². The number of hydrogen-bond acceptors (Lipinski definition) is 4. The lowest BCUT2D eigenvalue weighted by Gasteiger charge is -2.06. The third-order valence-corrected chi connectivity index (χ3v) is 1.66. The van der Waals surface area contributed by atoms with Gasteiger partial charge in [0, 0.05) is 12.2 Å².